The third-order valence-electron chi connectivity index (χ3n) is 4.73. The predicted octanol–water partition coefficient (Wildman–Crippen LogP) is 4.36. The Hall–Kier alpha value is -3.35. The largest absolute Gasteiger partial charge is 0.497 e. The first kappa shape index (κ1) is 18.0. The maximum absolute atomic E-state index is 13.7. The van der Waals surface area contributed by atoms with Gasteiger partial charge in [-0.3, -0.25) is 9.89 Å². The first-order valence-electron chi connectivity index (χ1n) is 8.97. The molecule has 2 N–H and O–H groups in total. The number of aromatic amines is 1. The zero-order valence-electron chi connectivity index (χ0n) is 15.6. The number of carbonyl (C=O) groups excluding carboxylic acids is 1. The van der Waals surface area contributed by atoms with Crippen LogP contribution >= 0.6 is 0 Å². The Bertz CT molecular complexity index is 1010. The molecule has 0 unspecified atom stereocenters. The molecule has 0 bridgehead atoms. The molecule has 1 aromatic heterocycles. The third-order valence-corrected chi connectivity index (χ3v) is 4.73. The van der Waals surface area contributed by atoms with Gasteiger partial charge in [0.2, 0.25) is 0 Å². The summed E-state index contributed by atoms with van der Waals surface area (Å²) < 4.78 is 24.2. The topological polar surface area (TPSA) is 76.2 Å². The number of carbonyl (C=O) groups is 1. The number of anilines is 1. The molecular weight excluding hydrogens is 361 g/mol. The fourth-order valence-electron chi connectivity index (χ4n) is 3.12. The first-order chi connectivity index (χ1) is 13.6. The van der Waals surface area contributed by atoms with E-state index in [1.807, 2.05) is 0 Å². The van der Waals surface area contributed by atoms with Gasteiger partial charge in [-0.15, -0.1) is 0 Å². The van der Waals surface area contributed by atoms with Gasteiger partial charge in [-0.05, 0) is 37.1 Å². The summed E-state index contributed by atoms with van der Waals surface area (Å²) in [4.78, 5) is 13.0. The lowest BCUT2D eigenvalue weighted by Gasteiger charge is -2.11. The highest BCUT2D eigenvalue weighted by atomic mass is 19.1. The zero-order chi connectivity index (χ0) is 19.7. The second-order valence-corrected chi connectivity index (χ2v) is 6.70. The molecule has 2 aromatic carbocycles. The molecule has 28 heavy (non-hydrogen) atoms. The Labute approximate surface area is 161 Å². The highest BCUT2D eigenvalue weighted by Crippen LogP contribution is 2.45. The SMILES string of the molecule is COc1cc(OC)cc(C(=O)Nc2c(-c3cccc(F)c3)n[nH]c2C2CC2)c1. The minimum atomic E-state index is -0.358. The van der Waals surface area contributed by atoms with Gasteiger partial charge in [0.05, 0.1) is 25.6 Å². The van der Waals surface area contributed by atoms with Gasteiger partial charge < -0.3 is 14.8 Å². The standard InChI is InChI=1S/C21H20FN3O3/c1-27-16-9-14(10-17(11-16)28-2)21(26)23-20-18(12-6-7-12)24-25-19(20)13-4-3-5-15(22)8-13/h3-5,8-12H,6-7H2,1-2H3,(H,23,26)(H,24,25). The summed E-state index contributed by atoms with van der Waals surface area (Å²) in [6, 6.07) is 11.1. The molecule has 1 saturated carbocycles. The molecule has 0 aliphatic heterocycles. The summed E-state index contributed by atoms with van der Waals surface area (Å²) in [7, 11) is 3.06. The van der Waals surface area contributed by atoms with E-state index in [4.69, 9.17) is 9.47 Å². The summed E-state index contributed by atoms with van der Waals surface area (Å²) in [5.41, 5.74) is 2.96. The molecule has 0 saturated heterocycles. The van der Waals surface area contributed by atoms with E-state index in [0.29, 0.717) is 39.9 Å². The molecule has 6 nitrogen and oxygen atoms in total. The van der Waals surface area contributed by atoms with E-state index in [-0.39, 0.29) is 11.7 Å². The van der Waals surface area contributed by atoms with Crippen LogP contribution in [0.25, 0.3) is 11.3 Å². The Balaban J connectivity index is 1.71. The van der Waals surface area contributed by atoms with Crippen molar-refractivity contribution in [2.45, 2.75) is 18.8 Å². The van der Waals surface area contributed by atoms with E-state index in [2.05, 4.69) is 15.5 Å². The summed E-state index contributed by atoms with van der Waals surface area (Å²) in [5.74, 6) is 0.681. The van der Waals surface area contributed by atoms with Crippen LogP contribution in [0.1, 0.15) is 34.8 Å². The molecule has 0 atom stereocenters. The molecule has 3 aromatic rings. The number of amides is 1. The first-order valence-corrected chi connectivity index (χ1v) is 8.97. The number of ether oxygens (including phenoxy) is 2. The van der Waals surface area contributed by atoms with Crippen molar-refractivity contribution in [2.75, 3.05) is 19.5 Å². The lowest BCUT2D eigenvalue weighted by molar-refractivity contribution is 0.102. The smallest absolute Gasteiger partial charge is 0.256 e. The summed E-state index contributed by atoms with van der Waals surface area (Å²) >= 11 is 0. The monoisotopic (exact) mass is 381 g/mol. The van der Waals surface area contributed by atoms with E-state index in [0.717, 1.165) is 18.5 Å². The van der Waals surface area contributed by atoms with Crippen molar-refractivity contribution in [1.29, 1.82) is 0 Å². The normalized spacial score (nSPS) is 13.2. The van der Waals surface area contributed by atoms with Crippen molar-refractivity contribution >= 4 is 11.6 Å². The van der Waals surface area contributed by atoms with Gasteiger partial charge >= 0.3 is 0 Å². The van der Waals surface area contributed by atoms with Crippen molar-refractivity contribution < 1.29 is 18.7 Å². The number of H-pyrrole nitrogens is 1. The molecule has 1 fully saturated rings. The van der Waals surface area contributed by atoms with Gasteiger partial charge in [0.15, 0.2) is 0 Å². The van der Waals surface area contributed by atoms with Crippen LogP contribution in [0.3, 0.4) is 0 Å². The lowest BCUT2D eigenvalue weighted by Crippen LogP contribution is -2.13. The molecule has 0 radical (unpaired) electrons. The van der Waals surface area contributed by atoms with E-state index in [1.54, 1.807) is 30.3 Å². The number of benzene rings is 2. The maximum Gasteiger partial charge on any atom is 0.256 e. The number of rotatable bonds is 6. The lowest BCUT2D eigenvalue weighted by atomic mass is 10.1. The second-order valence-electron chi connectivity index (χ2n) is 6.70. The van der Waals surface area contributed by atoms with Gasteiger partial charge in [-0.1, -0.05) is 12.1 Å². The molecule has 1 aliphatic carbocycles. The van der Waals surface area contributed by atoms with Crippen LogP contribution in [-0.2, 0) is 0 Å². The van der Waals surface area contributed by atoms with E-state index >= 15 is 0 Å². The Morgan fingerprint density at radius 3 is 2.46 bits per heavy atom. The second kappa shape index (κ2) is 7.34. The number of nitrogens with one attached hydrogen (secondary N) is 2. The van der Waals surface area contributed by atoms with Crippen molar-refractivity contribution in [3.63, 3.8) is 0 Å². The average Bonchev–Trinajstić information content (AvgIpc) is 3.47. The van der Waals surface area contributed by atoms with E-state index in [9.17, 15) is 9.18 Å². The quantitative estimate of drug-likeness (QED) is 0.665. The van der Waals surface area contributed by atoms with Crippen LogP contribution in [-0.4, -0.2) is 30.3 Å². The van der Waals surface area contributed by atoms with Crippen molar-refractivity contribution in [3.05, 3.63) is 59.5 Å². The highest BCUT2D eigenvalue weighted by molar-refractivity contribution is 6.07. The number of hydrogen-bond donors (Lipinski definition) is 2. The van der Waals surface area contributed by atoms with Crippen LogP contribution in [0.2, 0.25) is 0 Å². The van der Waals surface area contributed by atoms with Crippen LogP contribution in [0.4, 0.5) is 10.1 Å². The molecule has 144 valence electrons. The number of halogens is 1. The number of hydrogen-bond acceptors (Lipinski definition) is 4. The van der Waals surface area contributed by atoms with Gasteiger partial charge in [0, 0.05) is 23.1 Å². The van der Waals surface area contributed by atoms with Gasteiger partial charge in [0.1, 0.15) is 23.0 Å². The number of aromatic nitrogens is 2. The summed E-state index contributed by atoms with van der Waals surface area (Å²) in [6.45, 7) is 0. The van der Waals surface area contributed by atoms with E-state index < -0.39 is 0 Å². The van der Waals surface area contributed by atoms with Crippen LogP contribution in [0, 0.1) is 5.82 Å². The molecule has 4 rings (SSSR count). The minimum absolute atomic E-state index is 0.321. The fourth-order valence-corrected chi connectivity index (χ4v) is 3.12. The van der Waals surface area contributed by atoms with Crippen LogP contribution in [0.15, 0.2) is 42.5 Å². The molecular formula is C21H20FN3O3. The third kappa shape index (κ3) is 3.55. The fraction of sp³-hybridized carbons (Fsp3) is 0.238. The summed E-state index contributed by atoms with van der Waals surface area (Å²) in [5, 5.41) is 10.3. The van der Waals surface area contributed by atoms with Crippen molar-refractivity contribution in [3.8, 4) is 22.8 Å². The predicted molar refractivity (Wildman–Crippen MR) is 103 cm³/mol. The van der Waals surface area contributed by atoms with Crippen molar-refractivity contribution in [1.82, 2.24) is 10.2 Å². The maximum atomic E-state index is 13.7. The molecule has 1 aliphatic rings. The molecule has 1 heterocycles. The van der Waals surface area contributed by atoms with Crippen molar-refractivity contribution in [2.24, 2.45) is 0 Å². The van der Waals surface area contributed by atoms with Crippen LogP contribution in [0.5, 0.6) is 11.5 Å². The van der Waals surface area contributed by atoms with E-state index in [1.165, 1.54) is 26.4 Å². The minimum Gasteiger partial charge on any atom is -0.497 e. The van der Waals surface area contributed by atoms with Crippen LogP contribution < -0.4 is 14.8 Å². The molecule has 7 heteroatoms. The summed E-state index contributed by atoms with van der Waals surface area (Å²) in [6.07, 6.45) is 2.06. The van der Waals surface area contributed by atoms with Gasteiger partial charge in [0.25, 0.3) is 5.91 Å². The Kier molecular flexibility index (Phi) is 4.73. The molecule has 0 spiro atoms. The average molecular weight is 381 g/mol. The zero-order valence-corrected chi connectivity index (χ0v) is 15.6. The van der Waals surface area contributed by atoms with Gasteiger partial charge in [-0.2, -0.15) is 5.10 Å². The Morgan fingerprint density at radius 2 is 1.86 bits per heavy atom. The van der Waals surface area contributed by atoms with Gasteiger partial charge in [-0.25, -0.2) is 4.39 Å². The molecule has 1 amide bonds. The Morgan fingerprint density at radius 1 is 1.14 bits per heavy atom. The number of methoxy groups -OCH3 is 2. The highest BCUT2D eigenvalue weighted by Gasteiger charge is 2.31. The number of nitrogens with zero attached hydrogens (tertiary/aromatic N) is 1.